The normalized spacial score (nSPS) is 12.7. The molecule has 0 aromatic heterocycles. The number of thiol groups is 2. The topological polar surface area (TPSA) is 36.9 Å². The van der Waals surface area contributed by atoms with E-state index < -0.39 is 28.9 Å². The molecule has 0 radical (unpaired) electrons. The fourth-order valence-electron chi connectivity index (χ4n) is 4.90. The van der Waals surface area contributed by atoms with E-state index in [1.165, 1.54) is 9.79 Å². The Bertz CT molecular complexity index is 1420. The molecule has 4 rings (SSSR count). The molecule has 0 bridgehead atoms. The van der Waals surface area contributed by atoms with Crippen molar-refractivity contribution >= 4 is 21.8 Å². The number of ether oxygens (including phenoxy) is 4. The molecule has 12 heteroatoms. The quantitative estimate of drug-likeness (QED) is 0.0782. The van der Waals surface area contributed by atoms with E-state index in [1.807, 2.05) is 48.5 Å². The van der Waals surface area contributed by atoms with Gasteiger partial charge in [-0.1, -0.05) is 24.3 Å². The van der Waals surface area contributed by atoms with Crippen molar-refractivity contribution in [1.82, 2.24) is 0 Å². The maximum Gasteiger partial charge on any atom is 0.411 e. The van der Waals surface area contributed by atoms with Crippen molar-refractivity contribution in [2.45, 2.75) is 27.6 Å². The minimum absolute atomic E-state index is 0.0383. The fraction of sp³-hybridized carbons (Fsp3) is 0.314. The first-order valence-electron chi connectivity index (χ1n) is 14.6. The molecular weight excluding hydrogens is 663 g/mol. The first kappa shape index (κ1) is 36.2. The summed E-state index contributed by atoms with van der Waals surface area (Å²) in [5.41, 5.74) is -6.25. The van der Waals surface area contributed by atoms with Crippen LogP contribution in [-0.2, 0) is 5.41 Å². The van der Waals surface area contributed by atoms with Crippen molar-refractivity contribution in [3.05, 3.63) is 108 Å². The summed E-state index contributed by atoms with van der Waals surface area (Å²) in [4.78, 5) is 2.43. The minimum atomic E-state index is -5.71. The van der Waals surface area contributed by atoms with E-state index in [0.717, 1.165) is 48.5 Å². The molecule has 4 aromatic carbocycles. The molecule has 4 aromatic rings. The molecule has 0 amide bonds. The predicted molar refractivity (Wildman–Crippen MR) is 179 cm³/mol. The van der Waals surface area contributed by atoms with Gasteiger partial charge in [-0.05, 0) is 119 Å². The predicted octanol–water partition coefficient (Wildman–Crippen LogP) is 9.25. The Morgan fingerprint density at radius 1 is 0.404 bits per heavy atom. The molecule has 0 unspecified atom stereocenters. The molecule has 0 atom stereocenters. The maximum atomic E-state index is 14.6. The van der Waals surface area contributed by atoms with E-state index in [-0.39, 0.29) is 59.7 Å². The van der Waals surface area contributed by atoms with Gasteiger partial charge in [0.1, 0.15) is 49.4 Å². The summed E-state index contributed by atoms with van der Waals surface area (Å²) < 4.78 is 110. The van der Waals surface area contributed by atoms with E-state index >= 15 is 0 Å². The number of alkyl halides is 6. The number of hydrogen-bond acceptors (Lipinski definition) is 4. The summed E-state index contributed by atoms with van der Waals surface area (Å²) in [6.45, 7) is 0.346. The minimum Gasteiger partial charge on any atom is -0.490 e. The molecule has 0 fully saturated rings. The van der Waals surface area contributed by atoms with Gasteiger partial charge in [0.05, 0.1) is 0 Å². The first-order valence-corrected chi connectivity index (χ1v) is 19.1. The van der Waals surface area contributed by atoms with Crippen LogP contribution in [0.2, 0.25) is 0 Å². The molecule has 0 aliphatic carbocycles. The zero-order chi connectivity index (χ0) is 34.2. The van der Waals surface area contributed by atoms with Gasteiger partial charge < -0.3 is 18.9 Å². The lowest BCUT2D eigenvalue weighted by Gasteiger charge is -2.38. The highest BCUT2D eigenvalue weighted by Gasteiger charge is 2.72. The molecule has 0 spiro atoms. The maximum absolute atomic E-state index is 14.6. The lowest BCUT2D eigenvalue weighted by Crippen LogP contribution is -2.54. The van der Waals surface area contributed by atoms with E-state index in [2.05, 4.69) is 25.0 Å². The lowest BCUT2D eigenvalue weighted by atomic mass is 9.73. The van der Waals surface area contributed by atoms with Crippen LogP contribution in [0.15, 0.2) is 107 Å². The Morgan fingerprint density at radius 3 is 0.851 bits per heavy atom. The van der Waals surface area contributed by atoms with Gasteiger partial charge in [-0.15, -0.1) is 0 Å². The van der Waals surface area contributed by atoms with Crippen LogP contribution in [0, 0.1) is 0 Å². The third-order valence-electron chi connectivity index (χ3n) is 7.37. The average molecular weight is 701 g/mol. The summed E-state index contributed by atoms with van der Waals surface area (Å²) >= 11 is 0. The Hall–Kier alpha value is -3.64. The summed E-state index contributed by atoms with van der Waals surface area (Å²) in [7, 11) is -0.479. The molecular formula is C35H38F6O4S2. The monoisotopic (exact) mass is 700 g/mol. The molecule has 4 nitrogen and oxygen atoms in total. The van der Waals surface area contributed by atoms with Gasteiger partial charge in [0.2, 0.25) is 5.41 Å². The molecule has 0 saturated carbocycles. The van der Waals surface area contributed by atoms with Crippen LogP contribution >= 0.6 is 21.8 Å². The fourth-order valence-corrected chi connectivity index (χ4v) is 6.39. The van der Waals surface area contributed by atoms with Gasteiger partial charge in [0.25, 0.3) is 0 Å². The van der Waals surface area contributed by atoms with Crippen molar-refractivity contribution in [3.8, 4) is 23.0 Å². The molecule has 0 heterocycles. The van der Waals surface area contributed by atoms with Crippen LogP contribution in [0.5, 0.6) is 23.0 Å². The van der Waals surface area contributed by atoms with E-state index in [0.29, 0.717) is 11.5 Å². The van der Waals surface area contributed by atoms with Gasteiger partial charge in [-0.3, -0.25) is 0 Å². The van der Waals surface area contributed by atoms with Crippen molar-refractivity contribution in [1.29, 1.82) is 0 Å². The third-order valence-corrected chi connectivity index (χ3v) is 10.0. The van der Waals surface area contributed by atoms with Crippen LogP contribution in [-0.4, -0.2) is 63.8 Å². The summed E-state index contributed by atoms with van der Waals surface area (Å²) in [6.07, 6.45) is -2.88. The molecule has 0 aliphatic rings. The molecule has 256 valence electrons. The summed E-state index contributed by atoms with van der Waals surface area (Å²) in [5, 5.41) is 0. The Kier molecular flexibility index (Phi) is 11.9. The number of hydrogen-bond donors (Lipinski definition) is 2. The smallest absolute Gasteiger partial charge is 0.411 e. The lowest BCUT2D eigenvalue weighted by molar-refractivity contribution is -0.288. The summed E-state index contributed by atoms with van der Waals surface area (Å²) in [6, 6.07) is 22.8. The zero-order valence-electron chi connectivity index (χ0n) is 26.4. The first-order chi connectivity index (χ1) is 22.2. The number of benzene rings is 4. The van der Waals surface area contributed by atoms with E-state index in [9.17, 15) is 26.3 Å². The number of halogens is 6. The van der Waals surface area contributed by atoms with E-state index in [1.54, 1.807) is 0 Å². The number of rotatable bonds is 14. The molecule has 47 heavy (non-hydrogen) atoms. The van der Waals surface area contributed by atoms with Crippen LogP contribution in [0.1, 0.15) is 11.1 Å². The van der Waals surface area contributed by atoms with Crippen molar-refractivity contribution < 1.29 is 45.3 Å². The van der Waals surface area contributed by atoms with Crippen molar-refractivity contribution in [2.75, 3.05) is 51.5 Å². The third kappa shape index (κ3) is 8.84. The van der Waals surface area contributed by atoms with Crippen LogP contribution in [0.4, 0.5) is 26.3 Å². The van der Waals surface area contributed by atoms with Gasteiger partial charge in [0, 0.05) is 0 Å². The highest BCUT2D eigenvalue weighted by Crippen LogP contribution is 2.56. The SMILES string of the molecule is C[SH](C)c1ccc(OCCOc2ccc(C(c3ccc(OCCOc4ccc([SH](C)C)cc4)cc3)(C(F)(F)F)C(F)(F)F)cc2)cc1. The average Bonchev–Trinajstić information content (AvgIpc) is 3.02. The van der Waals surface area contributed by atoms with Crippen LogP contribution in [0.25, 0.3) is 0 Å². The molecule has 0 N–H and O–H groups in total. The zero-order valence-corrected chi connectivity index (χ0v) is 28.2. The highest BCUT2D eigenvalue weighted by atomic mass is 32.2. The highest BCUT2D eigenvalue weighted by molar-refractivity contribution is 8.16. The van der Waals surface area contributed by atoms with Crippen LogP contribution < -0.4 is 18.9 Å². The standard InChI is InChI=1S/C35H38F6O4S2/c1-46(2)31-17-13-29(14-18-31)44-23-21-42-27-9-5-25(6-10-27)33(34(36,37)38,35(39,40)41)26-7-11-28(12-8-26)43-22-24-45-30-15-19-32(20-16-30)47(3)4/h5-20,46-47H,21-24H2,1-4H3. The van der Waals surface area contributed by atoms with Gasteiger partial charge >= 0.3 is 12.4 Å². The summed E-state index contributed by atoms with van der Waals surface area (Å²) in [5.74, 6) is 1.47. The van der Waals surface area contributed by atoms with E-state index in [4.69, 9.17) is 18.9 Å². The van der Waals surface area contributed by atoms with Gasteiger partial charge in [-0.2, -0.15) is 26.3 Å². The molecule has 0 aliphatic heterocycles. The van der Waals surface area contributed by atoms with Crippen molar-refractivity contribution in [3.63, 3.8) is 0 Å². The van der Waals surface area contributed by atoms with Crippen molar-refractivity contribution in [2.24, 2.45) is 0 Å². The second-order valence-corrected chi connectivity index (χ2v) is 15.6. The largest absolute Gasteiger partial charge is 0.490 e. The second kappa shape index (κ2) is 15.5. The Labute approximate surface area is 276 Å². The molecule has 0 saturated heterocycles. The van der Waals surface area contributed by atoms with Crippen LogP contribution in [0.3, 0.4) is 0 Å². The van der Waals surface area contributed by atoms with Gasteiger partial charge in [-0.25, -0.2) is 21.8 Å². The van der Waals surface area contributed by atoms with Gasteiger partial charge in [0.15, 0.2) is 0 Å². The second-order valence-electron chi connectivity index (χ2n) is 11.0. The Morgan fingerprint density at radius 2 is 0.638 bits per heavy atom. The Balaban J connectivity index is 1.41.